The van der Waals surface area contributed by atoms with Crippen LogP contribution in [-0.2, 0) is 29.1 Å². The van der Waals surface area contributed by atoms with E-state index in [1.807, 2.05) is 45.1 Å². The summed E-state index contributed by atoms with van der Waals surface area (Å²) in [6.07, 6.45) is 7.39. The topological polar surface area (TPSA) is 192 Å². The van der Waals surface area contributed by atoms with Gasteiger partial charge in [-0.1, -0.05) is 31.9 Å². The standard InChI is InChI=1S/C38H51N5O10S/c1-5-18-52-37(47)39-28-13-11-9-7-8-10-12-24-21-38(24,36(46)42-54(48,49)26-14-15-26)41-34(44)29-19-25(22-43(29)35(28)45)53-31-20-32(51-6-2)40-33-23(3)30(50-4)17-16-27(31)33/h10,12,16-17,20,24-26,28-29H,5-9,11,13-15,18-19,21-22H2,1-4H3,(H,39,47)(H,41,44)(H,42,46)/b12-10-/t24-,25-,28+,29+,38-/m1/s1. The summed E-state index contributed by atoms with van der Waals surface area (Å²) in [6, 6.07) is 3.21. The second kappa shape index (κ2) is 16.4. The molecular formula is C38H51N5O10S. The zero-order valence-corrected chi connectivity index (χ0v) is 32.2. The van der Waals surface area contributed by atoms with Crippen LogP contribution in [0, 0.1) is 12.8 Å². The molecule has 3 N–H and O–H groups in total. The fourth-order valence-corrected chi connectivity index (χ4v) is 8.67. The van der Waals surface area contributed by atoms with Crippen LogP contribution in [0.25, 0.3) is 10.9 Å². The zero-order chi connectivity index (χ0) is 38.6. The number of fused-ring (bicyclic) bond motifs is 3. The molecule has 4 amide bonds. The van der Waals surface area contributed by atoms with Crippen LogP contribution < -0.4 is 29.6 Å². The summed E-state index contributed by atoms with van der Waals surface area (Å²) in [6.45, 7) is 6.11. The molecule has 15 nitrogen and oxygen atoms in total. The Bertz CT molecular complexity index is 1900. The predicted molar refractivity (Wildman–Crippen MR) is 199 cm³/mol. The minimum atomic E-state index is -3.89. The van der Waals surface area contributed by atoms with E-state index < -0.39 is 68.7 Å². The van der Waals surface area contributed by atoms with Gasteiger partial charge in [0.2, 0.25) is 27.7 Å². The molecule has 3 heterocycles. The summed E-state index contributed by atoms with van der Waals surface area (Å²) < 4.78 is 51.1. The van der Waals surface area contributed by atoms with Crippen molar-refractivity contribution in [2.75, 3.05) is 26.9 Å². The number of carbonyl (C=O) groups is 4. The van der Waals surface area contributed by atoms with Crippen LogP contribution in [0.1, 0.15) is 83.6 Å². The first kappa shape index (κ1) is 39.1. The Morgan fingerprint density at radius 2 is 1.89 bits per heavy atom. The summed E-state index contributed by atoms with van der Waals surface area (Å²) in [5.41, 5.74) is -0.122. The number of benzene rings is 1. The second-order valence-corrected chi connectivity index (χ2v) is 16.5. The van der Waals surface area contributed by atoms with Gasteiger partial charge >= 0.3 is 6.09 Å². The molecule has 1 saturated heterocycles. The van der Waals surface area contributed by atoms with Gasteiger partial charge in [0.25, 0.3) is 5.91 Å². The highest BCUT2D eigenvalue weighted by Gasteiger charge is 2.62. The first-order valence-corrected chi connectivity index (χ1v) is 20.5. The predicted octanol–water partition coefficient (Wildman–Crippen LogP) is 3.81. The Morgan fingerprint density at radius 1 is 1.09 bits per heavy atom. The van der Waals surface area contributed by atoms with Gasteiger partial charge in [-0.15, -0.1) is 0 Å². The molecule has 2 saturated carbocycles. The largest absolute Gasteiger partial charge is 0.496 e. The van der Waals surface area contributed by atoms with Crippen molar-refractivity contribution >= 4 is 44.7 Å². The Kier molecular flexibility index (Phi) is 11.9. The molecule has 0 bridgehead atoms. The van der Waals surface area contributed by atoms with Gasteiger partial charge in [0.05, 0.1) is 37.6 Å². The van der Waals surface area contributed by atoms with Crippen LogP contribution in [0.3, 0.4) is 0 Å². The number of alkyl carbamates (subject to hydrolysis) is 1. The quantitative estimate of drug-likeness (QED) is 0.282. The Hall–Kier alpha value is -4.60. The third-order valence-electron chi connectivity index (χ3n) is 10.5. The zero-order valence-electron chi connectivity index (χ0n) is 31.4. The summed E-state index contributed by atoms with van der Waals surface area (Å²) in [5.74, 6) is -0.934. The van der Waals surface area contributed by atoms with Gasteiger partial charge in [0, 0.05) is 29.4 Å². The Balaban J connectivity index is 1.33. The lowest BCUT2D eigenvalue weighted by atomic mass is 10.0. The molecule has 0 radical (unpaired) electrons. The van der Waals surface area contributed by atoms with Crippen LogP contribution in [0.15, 0.2) is 30.4 Å². The van der Waals surface area contributed by atoms with E-state index in [4.69, 9.17) is 18.9 Å². The molecule has 2 aliphatic carbocycles. The monoisotopic (exact) mass is 769 g/mol. The maximum atomic E-state index is 14.5. The molecule has 3 fully saturated rings. The fraction of sp³-hybridized carbons (Fsp3) is 0.605. The number of methoxy groups -OCH3 is 1. The summed E-state index contributed by atoms with van der Waals surface area (Å²) in [5, 5.41) is 5.66. The molecule has 6 rings (SSSR count). The normalized spacial score (nSPS) is 26.6. The first-order chi connectivity index (χ1) is 25.9. The van der Waals surface area contributed by atoms with E-state index in [0.717, 1.165) is 18.4 Å². The lowest BCUT2D eigenvalue weighted by Crippen LogP contribution is -2.58. The molecule has 16 heteroatoms. The number of aromatic nitrogens is 1. The highest BCUT2D eigenvalue weighted by Crippen LogP contribution is 2.46. The number of allylic oxidation sites excluding steroid dienone is 1. The van der Waals surface area contributed by atoms with Crippen LogP contribution >= 0.6 is 0 Å². The smallest absolute Gasteiger partial charge is 0.407 e. The molecule has 4 aliphatic rings. The van der Waals surface area contributed by atoms with Gasteiger partial charge in [-0.25, -0.2) is 18.2 Å². The maximum Gasteiger partial charge on any atom is 0.407 e. The number of sulfonamides is 1. The molecule has 2 aromatic rings. The highest BCUT2D eigenvalue weighted by molar-refractivity contribution is 7.91. The molecule has 0 unspecified atom stereocenters. The van der Waals surface area contributed by atoms with Crippen LogP contribution in [0.4, 0.5) is 4.79 Å². The van der Waals surface area contributed by atoms with E-state index in [9.17, 15) is 27.6 Å². The third-order valence-corrected chi connectivity index (χ3v) is 12.3. The van der Waals surface area contributed by atoms with Crippen molar-refractivity contribution in [2.45, 2.75) is 114 Å². The van der Waals surface area contributed by atoms with Gasteiger partial charge in [0.15, 0.2) is 0 Å². The SMILES string of the molecule is CCCOC(=O)N[C@H]1CCCCC/C=C\[C@@H]2C[C@@]2(C(=O)NS(=O)(=O)C2CC2)NC(=O)[C@@H]2C[C@@H](Oc3cc(OCC)nc4c(C)c(OC)ccc34)CN2C1=O. The lowest BCUT2D eigenvalue weighted by Gasteiger charge is -2.29. The number of ether oxygens (including phenoxy) is 4. The Morgan fingerprint density at radius 3 is 2.61 bits per heavy atom. The van der Waals surface area contributed by atoms with E-state index in [1.165, 1.54) is 4.90 Å². The number of hydrogen-bond acceptors (Lipinski definition) is 11. The van der Waals surface area contributed by atoms with Gasteiger partial charge in [-0.3, -0.25) is 19.1 Å². The first-order valence-electron chi connectivity index (χ1n) is 19.0. The number of carbonyl (C=O) groups excluding carboxylic acids is 4. The second-order valence-electron chi connectivity index (χ2n) is 14.5. The van der Waals surface area contributed by atoms with Crippen molar-refractivity contribution in [3.8, 4) is 17.4 Å². The number of pyridine rings is 1. The van der Waals surface area contributed by atoms with Gasteiger partial charge in [-0.2, -0.15) is 0 Å². The average molecular weight is 770 g/mol. The van der Waals surface area contributed by atoms with Crippen LogP contribution in [0.5, 0.6) is 17.4 Å². The molecule has 2 aliphatic heterocycles. The van der Waals surface area contributed by atoms with Crippen molar-refractivity contribution in [1.29, 1.82) is 0 Å². The van der Waals surface area contributed by atoms with Crippen molar-refractivity contribution in [3.05, 3.63) is 35.9 Å². The summed E-state index contributed by atoms with van der Waals surface area (Å²) >= 11 is 0. The fourth-order valence-electron chi connectivity index (χ4n) is 7.30. The summed E-state index contributed by atoms with van der Waals surface area (Å²) in [4.78, 5) is 61.4. The van der Waals surface area contributed by atoms with E-state index in [2.05, 4.69) is 20.3 Å². The number of aryl methyl sites for hydroxylation is 1. The number of amides is 4. The van der Waals surface area contributed by atoms with E-state index in [0.29, 0.717) is 73.4 Å². The number of nitrogens with zero attached hydrogens (tertiary/aromatic N) is 2. The van der Waals surface area contributed by atoms with E-state index in [-0.39, 0.29) is 26.0 Å². The number of rotatable bonds is 11. The molecular weight excluding hydrogens is 719 g/mol. The highest BCUT2D eigenvalue weighted by atomic mass is 32.2. The molecule has 1 aromatic heterocycles. The average Bonchev–Trinajstić information content (AvgIpc) is 4.07. The number of nitrogens with one attached hydrogen (secondary N) is 3. The third kappa shape index (κ3) is 8.53. The molecule has 294 valence electrons. The molecule has 0 spiro atoms. The van der Waals surface area contributed by atoms with Crippen molar-refractivity contribution in [3.63, 3.8) is 0 Å². The van der Waals surface area contributed by atoms with E-state index >= 15 is 0 Å². The Labute approximate surface area is 315 Å². The maximum absolute atomic E-state index is 14.5. The van der Waals surface area contributed by atoms with Crippen molar-refractivity contribution in [1.82, 2.24) is 25.2 Å². The van der Waals surface area contributed by atoms with Crippen LogP contribution in [0.2, 0.25) is 0 Å². The van der Waals surface area contributed by atoms with Gasteiger partial charge in [-0.05, 0) is 70.9 Å². The molecule has 1 aromatic carbocycles. The minimum Gasteiger partial charge on any atom is -0.496 e. The summed E-state index contributed by atoms with van der Waals surface area (Å²) in [7, 11) is -2.32. The van der Waals surface area contributed by atoms with Crippen molar-refractivity contribution < 1.29 is 46.5 Å². The van der Waals surface area contributed by atoms with Crippen molar-refractivity contribution in [2.24, 2.45) is 5.92 Å². The van der Waals surface area contributed by atoms with Crippen LogP contribution in [-0.4, -0.2) is 98.0 Å². The number of hydrogen-bond donors (Lipinski definition) is 3. The molecule has 54 heavy (non-hydrogen) atoms. The lowest BCUT2D eigenvalue weighted by molar-refractivity contribution is -0.141. The van der Waals surface area contributed by atoms with E-state index in [1.54, 1.807) is 13.2 Å². The minimum absolute atomic E-state index is 0.0133. The molecule has 5 atom stereocenters. The van der Waals surface area contributed by atoms with Gasteiger partial charge < -0.3 is 34.5 Å². The van der Waals surface area contributed by atoms with Gasteiger partial charge in [0.1, 0.15) is 35.2 Å².